The predicted octanol–water partition coefficient (Wildman–Crippen LogP) is 3.97. The van der Waals surface area contributed by atoms with Crippen molar-refractivity contribution >= 4 is 16.9 Å². The minimum absolute atomic E-state index is 0.0635. The molecule has 0 spiro atoms. The summed E-state index contributed by atoms with van der Waals surface area (Å²) in [6.07, 6.45) is 3.56. The highest BCUT2D eigenvalue weighted by molar-refractivity contribution is 5.91. The van der Waals surface area contributed by atoms with Crippen molar-refractivity contribution < 1.29 is 13.9 Å². The Labute approximate surface area is 217 Å². The molecule has 9 heteroatoms. The molecule has 2 aromatic heterocycles. The molecule has 5 rings (SSSR count). The van der Waals surface area contributed by atoms with Crippen molar-refractivity contribution in [2.75, 3.05) is 45.2 Å². The van der Waals surface area contributed by atoms with E-state index in [2.05, 4.69) is 42.7 Å². The lowest BCUT2D eigenvalue weighted by atomic mass is 9.88. The maximum absolute atomic E-state index is 15.1. The molecular formula is C28H35FN6O2. The van der Waals surface area contributed by atoms with Gasteiger partial charge in [0.15, 0.2) is 5.65 Å². The van der Waals surface area contributed by atoms with E-state index in [1.165, 1.54) is 6.07 Å². The van der Waals surface area contributed by atoms with Gasteiger partial charge < -0.3 is 24.6 Å². The summed E-state index contributed by atoms with van der Waals surface area (Å²) in [7, 11) is 4.17. The molecule has 1 N–H and O–H groups in total. The zero-order valence-corrected chi connectivity index (χ0v) is 22.0. The number of rotatable bonds is 8. The number of fused-ring (bicyclic) bond motifs is 1. The van der Waals surface area contributed by atoms with Crippen LogP contribution < -0.4 is 19.7 Å². The number of aromatic nitrogens is 3. The SMILES string of the molecule is C=CCOc1cccc(F)c1-c1nc2nc(OC3CC(N(C)C)C3)nc(N3CCNC[C@H]3C)c2cc1C. The smallest absolute Gasteiger partial charge is 0.320 e. The highest BCUT2D eigenvalue weighted by Crippen LogP contribution is 2.37. The second kappa shape index (κ2) is 10.6. The molecule has 0 radical (unpaired) electrons. The second-order valence-corrected chi connectivity index (χ2v) is 10.1. The van der Waals surface area contributed by atoms with Gasteiger partial charge in [-0.1, -0.05) is 18.7 Å². The molecule has 196 valence electrons. The van der Waals surface area contributed by atoms with Crippen molar-refractivity contribution in [3.63, 3.8) is 0 Å². The Kier molecular flexibility index (Phi) is 7.26. The maximum Gasteiger partial charge on any atom is 0.320 e. The summed E-state index contributed by atoms with van der Waals surface area (Å²) in [5, 5.41) is 4.26. The largest absolute Gasteiger partial charge is 0.489 e. The van der Waals surface area contributed by atoms with Gasteiger partial charge in [-0.3, -0.25) is 0 Å². The number of nitrogens with zero attached hydrogens (tertiary/aromatic N) is 5. The number of benzene rings is 1. The lowest BCUT2D eigenvalue weighted by molar-refractivity contribution is 0.0339. The minimum atomic E-state index is -0.401. The van der Waals surface area contributed by atoms with Crippen LogP contribution in [0.25, 0.3) is 22.3 Å². The third-order valence-electron chi connectivity index (χ3n) is 7.25. The number of anilines is 1. The van der Waals surface area contributed by atoms with Crippen LogP contribution in [-0.2, 0) is 0 Å². The van der Waals surface area contributed by atoms with E-state index in [4.69, 9.17) is 24.4 Å². The molecule has 1 saturated heterocycles. The number of hydrogen-bond acceptors (Lipinski definition) is 8. The molecule has 3 aromatic rings. The van der Waals surface area contributed by atoms with Gasteiger partial charge in [-0.15, -0.1) is 0 Å². The standard InChI is InChI=1S/C28H35FN6O2/c1-6-12-36-23-9-7-8-22(29)24(23)25-17(2)13-21-26(31-25)32-28(37-20-14-19(15-20)34(4)5)33-27(21)35-11-10-30-16-18(35)3/h6-9,13,18-20,30H,1,10-12,14-16H2,2-5H3/t18-,19?,20?/m1/s1. The average Bonchev–Trinajstić information content (AvgIpc) is 2.84. The van der Waals surface area contributed by atoms with E-state index in [-0.39, 0.29) is 18.8 Å². The average molecular weight is 507 g/mol. The Morgan fingerprint density at radius 2 is 2.05 bits per heavy atom. The summed E-state index contributed by atoms with van der Waals surface area (Å²) >= 11 is 0. The first-order valence-corrected chi connectivity index (χ1v) is 12.9. The molecule has 2 fully saturated rings. The number of ether oxygens (including phenoxy) is 2. The van der Waals surface area contributed by atoms with Gasteiger partial charge in [0.25, 0.3) is 0 Å². The monoisotopic (exact) mass is 506 g/mol. The van der Waals surface area contributed by atoms with Gasteiger partial charge in [-0.05, 0) is 51.7 Å². The quantitative estimate of drug-likeness (QED) is 0.460. The molecule has 3 heterocycles. The first kappa shape index (κ1) is 25.4. The molecule has 1 aliphatic heterocycles. The van der Waals surface area contributed by atoms with Crippen LogP contribution in [-0.4, -0.2) is 78.4 Å². The number of halogens is 1. The third kappa shape index (κ3) is 5.10. The normalized spacial score (nSPS) is 21.7. The third-order valence-corrected chi connectivity index (χ3v) is 7.25. The molecule has 1 atom stereocenters. The highest BCUT2D eigenvalue weighted by Gasteiger charge is 2.33. The van der Waals surface area contributed by atoms with Crippen LogP contribution in [0.4, 0.5) is 10.2 Å². The van der Waals surface area contributed by atoms with E-state index in [1.54, 1.807) is 18.2 Å². The Balaban J connectivity index is 1.61. The Bertz CT molecular complexity index is 1290. The molecule has 8 nitrogen and oxygen atoms in total. The molecule has 0 amide bonds. The Hall–Kier alpha value is -3.30. The van der Waals surface area contributed by atoms with E-state index in [1.807, 2.05) is 13.0 Å². The molecule has 37 heavy (non-hydrogen) atoms. The molecule has 2 aliphatic rings. The van der Waals surface area contributed by atoms with E-state index in [0.29, 0.717) is 34.7 Å². The van der Waals surface area contributed by atoms with E-state index in [0.717, 1.165) is 49.2 Å². The van der Waals surface area contributed by atoms with Crippen molar-refractivity contribution in [2.24, 2.45) is 0 Å². The zero-order valence-electron chi connectivity index (χ0n) is 22.0. The van der Waals surface area contributed by atoms with E-state index in [9.17, 15) is 0 Å². The number of nitrogens with one attached hydrogen (secondary N) is 1. The maximum atomic E-state index is 15.1. The van der Waals surface area contributed by atoms with Crippen molar-refractivity contribution in [3.05, 3.63) is 48.3 Å². The molecular weight excluding hydrogens is 471 g/mol. The Morgan fingerprint density at radius 3 is 2.78 bits per heavy atom. The van der Waals surface area contributed by atoms with Gasteiger partial charge in [0, 0.05) is 44.6 Å². The van der Waals surface area contributed by atoms with Gasteiger partial charge in [0.2, 0.25) is 0 Å². The lowest BCUT2D eigenvalue weighted by Gasteiger charge is -2.39. The van der Waals surface area contributed by atoms with Crippen LogP contribution in [0.3, 0.4) is 0 Å². The number of aryl methyl sites for hydroxylation is 1. The fraction of sp³-hybridized carbons (Fsp3) is 0.464. The number of pyridine rings is 1. The predicted molar refractivity (Wildman–Crippen MR) is 144 cm³/mol. The van der Waals surface area contributed by atoms with Crippen LogP contribution in [0.2, 0.25) is 0 Å². The molecule has 1 aromatic carbocycles. The van der Waals surface area contributed by atoms with Gasteiger partial charge in [-0.25, -0.2) is 9.37 Å². The summed E-state index contributed by atoms with van der Waals surface area (Å²) in [5.74, 6) is 0.819. The van der Waals surface area contributed by atoms with E-state index < -0.39 is 5.82 Å². The van der Waals surface area contributed by atoms with Crippen molar-refractivity contribution in [1.82, 2.24) is 25.2 Å². The van der Waals surface area contributed by atoms with E-state index >= 15 is 4.39 Å². The molecule has 0 bridgehead atoms. The fourth-order valence-electron chi connectivity index (χ4n) is 5.01. The van der Waals surface area contributed by atoms with Gasteiger partial charge in [-0.2, -0.15) is 9.97 Å². The van der Waals surface area contributed by atoms with Gasteiger partial charge in [0.05, 0.1) is 16.6 Å². The van der Waals surface area contributed by atoms with Gasteiger partial charge >= 0.3 is 6.01 Å². The summed E-state index contributed by atoms with van der Waals surface area (Å²) in [4.78, 5) is 19.0. The minimum Gasteiger partial charge on any atom is -0.489 e. The van der Waals surface area contributed by atoms with Crippen molar-refractivity contribution in [2.45, 2.75) is 44.9 Å². The lowest BCUT2D eigenvalue weighted by Crippen LogP contribution is -2.50. The van der Waals surface area contributed by atoms with Crippen LogP contribution in [0, 0.1) is 12.7 Å². The van der Waals surface area contributed by atoms with Crippen LogP contribution in [0.15, 0.2) is 36.9 Å². The summed E-state index contributed by atoms with van der Waals surface area (Å²) in [6, 6.07) is 7.85. The Morgan fingerprint density at radius 1 is 1.24 bits per heavy atom. The number of hydrogen-bond donors (Lipinski definition) is 1. The van der Waals surface area contributed by atoms with Crippen LogP contribution in [0.5, 0.6) is 11.8 Å². The summed E-state index contributed by atoms with van der Waals surface area (Å²) < 4.78 is 27.2. The van der Waals surface area contributed by atoms with Crippen LogP contribution >= 0.6 is 0 Å². The molecule has 0 unspecified atom stereocenters. The topological polar surface area (TPSA) is 75.6 Å². The first-order valence-electron chi connectivity index (χ1n) is 12.9. The summed E-state index contributed by atoms with van der Waals surface area (Å²) in [5.41, 5.74) is 2.10. The zero-order chi connectivity index (χ0) is 26.1. The van der Waals surface area contributed by atoms with Crippen molar-refractivity contribution in [1.29, 1.82) is 0 Å². The van der Waals surface area contributed by atoms with Crippen LogP contribution in [0.1, 0.15) is 25.3 Å². The molecule has 1 aliphatic carbocycles. The fourth-order valence-corrected chi connectivity index (χ4v) is 5.01. The number of piperazine rings is 1. The van der Waals surface area contributed by atoms with Crippen molar-refractivity contribution in [3.8, 4) is 23.0 Å². The second-order valence-electron chi connectivity index (χ2n) is 10.1. The summed E-state index contributed by atoms with van der Waals surface area (Å²) in [6.45, 7) is 10.6. The first-order chi connectivity index (χ1) is 17.9. The molecule has 1 saturated carbocycles. The highest BCUT2D eigenvalue weighted by atomic mass is 19.1. The van der Waals surface area contributed by atoms with Gasteiger partial charge in [0.1, 0.15) is 30.1 Å².